The summed E-state index contributed by atoms with van der Waals surface area (Å²) in [7, 11) is 0. The topological polar surface area (TPSA) is 0 Å². The summed E-state index contributed by atoms with van der Waals surface area (Å²) in [5, 5.41) is 0. The molecule has 0 aromatic heterocycles. The van der Waals surface area contributed by atoms with Crippen molar-refractivity contribution in [2.45, 2.75) is 20.8 Å². The molecule has 0 atom stereocenters. The summed E-state index contributed by atoms with van der Waals surface area (Å²) in [5.74, 6) is 0. The molecule has 0 aliphatic heterocycles. The third-order valence-corrected chi connectivity index (χ3v) is 0.923. The van der Waals surface area contributed by atoms with E-state index in [4.69, 9.17) is 0 Å². The van der Waals surface area contributed by atoms with Crippen LogP contribution in [0.15, 0.2) is 10.2 Å². The van der Waals surface area contributed by atoms with Crippen LogP contribution in [0.4, 0.5) is 0 Å². The fourth-order valence-electron chi connectivity index (χ4n) is 0.189. The van der Waals surface area contributed by atoms with E-state index in [0.29, 0.717) is 5.41 Å². The van der Waals surface area contributed by atoms with Gasteiger partial charge in [-0.3, -0.25) is 0 Å². The van der Waals surface area contributed by atoms with Crippen molar-refractivity contribution in [3.05, 3.63) is 10.2 Å². The fraction of sp³-hybridized carbons (Fsp3) is 0.667. The third-order valence-electron chi connectivity index (χ3n) is 0.563. The van der Waals surface area contributed by atoms with E-state index in [1.807, 2.05) is 0 Å². The van der Waals surface area contributed by atoms with Gasteiger partial charge in [-0.15, -0.1) is 0 Å². The highest BCUT2D eigenvalue weighted by molar-refractivity contribution is 14.1. The van der Waals surface area contributed by atoms with Gasteiger partial charge in [0.1, 0.15) is 0 Å². The van der Waals surface area contributed by atoms with Crippen molar-refractivity contribution < 1.29 is 0 Å². The quantitative estimate of drug-likeness (QED) is 0.539. The van der Waals surface area contributed by atoms with Crippen LogP contribution in [0.3, 0.4) is 0 Å². The monoisotopic (exact) mass is 210 g/mol. The van der Waals surface area contributed by atoms with Gasteiger partial charge >= 0.3 is 0 Å². The van der Waals surface area contributed by atoms with Crippen molar-refractivity contribution in [1.82, 2.24) is 0 Å². The predicted octanol–water partition coefficient (Wildman–Crippen LogP) is 2.98. The lowest BCUT2D eigenvalue weighted by atomic mass is 9.98. The summed E-state index contributed by atoms with van der Waals surface area (Å²) >= 11 is 2.23. The van der Waals surface area contributed by atoms with E-state index in [1.54, 1.807) is 0 Å². The van der Waals surface area contributed by atoms with Crippen LogP contribution in [0.1, 0.15) is 20.8 Å². The van der Waals surface area contributed by atoms with Gasteiger partial charge in [-0.1, -0.05) is 49.4 Å². The third kappa shape index (κ3) is 6.47. The molecule has 0 N–H and O–H groups in total. The molecule has 0 saturated carbocycles. The van der Waals surface area contributed by atoms with Gasteiger partial charge in [0.15, 0.2) is 0 Å². The van der Waals surface area contributed by atoms with Crippen molar-refractivity contribution in [3.8, 4) is 0 Å². The maximum atomic E-state index is 2.23. The highest BCUT2D eigenvalue weighted by Gasteiger charge is 2.01. The summed E-state index contributed by atoms with van der Waals surface area (Å²) in [5.41, 5.74) is 0.362. The molecule has 0 heterocycles. The fourth-order valence-corrected chi connectivity index (χ4v) is 1.27. The van der Waals surface area contributed by atoms with E-state index in [9.17, 15) is 0 Å². The van der Waals surface area contributed by atoms with E-state index in [-0.39, 0.29) is 0 Å². The summed E-state index contributed by atoms with van der Waals surface area (Å²) in [4.78, 5) is 0. The molecule has 0 saturated heterocycles. The summed E-state index contributed by atoms with van der Waals surface area (Å²) in [6, 6.07) is 0. The molecular weight excluding hydrogens is 199 g/mol. The Morgan fingerprint density at radius 2 is 1.71 bits per heavy atom. The number of hydrogen-bond donors (Lipinski definition) is 0. The molecule has 0 aliphatic carbocycles. The van der Waals surface area contributed by atoms with E-state index < -0.39 is 0 Å². The van der Waals surface area contributed by atoms with E-state index in [2.05, 4.69) is 53.5 Å². The molecule has 0 radical (unpaired) electrons. The molecule has 0 aromatic carbocycles. The number of rotatable bonds is 0. The zero-order valence-corrected chi connectivity index (χ0v) is 7.19. The van der Waals surface area contributed by atoms with Crippen LogP contribution < -0.4 is 0 Å². The maximum Gasteiger partial charge on any atom is -0.0196 e. The van der Waals surface area contributed by atoms with E-state index in [1.165, 1.54) is 0 Å². The Labute approximate surface area is 59.1 Å². The van der Waals surface area contributed by atoms with Crippen LogP contribution >= 0.6 is 22.6 Å². The molecule has 0 rings (SSSR count). The normalized spacial score (nSPS) is 13.1. The first-order chi connectivity index (χ1) is 3.06. The molecule has 0 fully saturated rings. The Morgan fingerprint density at radius 3 is 1.71 bits per heavy atom. The second-order valence-corrected chi connectivity index (χ2v) is 3.38. The molecule has 0 amide bonds. The van der Waals surface area contributed by atoms with Crippen molar-refractivity contribution in [2.24, 2.45) is 5.41 Å². The minimum atomic E-state index is 0.362. The van der Waals surface area contributed by atoms with Gasteiger partial charge in [0.2, 0.25) is 0 Å². The molecule has 0 bridgehead atoms. The second kappa shape index (κ2) is 2.70. The molecular formula is C6H11I. The van der Waals surface area contributed by atoms with E-state index in [0.717, 1.165) is 0 Å². The van der Waals surface area contributed by atoms with Crippen LogP contribution in [0, 0.1) is 5.41 Å². The number of hydrogen-bond acceptors (Lipinski definition) is 0. The first-order valence-electron chi connectivity index (χ1n) is 2.34. The Kier molecular flexibility index (Phi) is 2.88. The molecule has 42 valence electrons. The molecule has 1 heteroatoms. The number of allylic oxidation sites excluding steroid dienone is 1. The summed E-state index contributed by atoms with van der Waals surface area (Å²) < 4.78 is 2.05. The smallest absolute Gasteiger partial charge is 0.0196 e. The lowest BCUT2D eigenvalue weighted by Crippen LogP contribution is -1.96. The van der Waals surface area contributed by atoms with Crippen LogP contribution in [0.25, 0.3) is 0 Å². The summed E-state index contributed by atoms with van der Waals surface area (Å²) in [6.45, 7) is 6.55. The molecule has 0 spiro atoms. The van der Waals surface area contributed by atoms with E-state index >= 15 is 0 Å². The van der Waals surface area contributed by atoms with Crippen molar-refractivity contribution >= 4 is 22.6 Å². The molecule has 0 unspecified atom stereocenters. The minimum Gasteiger partial charge on any atom is -0.0731 e. The Morgan fingerprint density at radius 1 is 1.29 bits per heavy atom. The van der Waals surface area contributed by atoms with Crippen molar-refractivity contribution in [3.63, 3.8) is 0 Å². The summed E-state index contributed by atoms with van der Waals surface area (Å²) in [6.07, 6.45) is 2.17. The average molecular weight is 210 g/mol. The van der Waals surface area contributed by atoms with Crippen LogP contribution in [-0.4, -0.2) is 0 Å². The largest absolute Gasteiger partial charge is 0.0731 e. The second-order valence-electron chi connectivity index (χ2n) is 2.66. The SMILES string of the molecule is CC(C)(C)/C=C\I. The first kappa shape index (κ1) is 7.47. The van der Waals surface area contributed by atoms with Crippen LogP contribution in [0.2, 0.25) is 0 Å². The van der Waals surface area contributed by atoms with Gasteiger partial charge in [-0.25, -0.2) is 0 Å². The Balaban J connectivity index is 3.56. The Hall–Kier alpha value is 0.470. The average Bonchev–Trinajstić information content (AvgIpc) is 1.30. The zero-order chi connectivity index (χ0) is 5.91. The van der Waals surface area contributed by atoms with Gasteiger partial charge in [0.05, 0.1) is 0 Å². The highest BCUT2D eigenvalue weighted by atomic mass is 127. The standard InChI is InChI=1S/C6H11I/c1-6(2,3)4-5-7/h4-5H,1-3H3/b5-4-. The van der Waals surface area contributed by atoms with Gasteiger partial charge in [0, 0.05) is 0 Å². The first-order valence-corrected chi connectivity index (χ1v) is 3.59. The molecule has 0 nitrogen and oxygen atoms in total. The van der Waals surface area contributed by atoms with Crippen LogP contribution in [-0.2, 0) is 0 Å². The predicted molar refractivity (Wildman–Crippen MR) is 42.6 cm³/mol. The molecule has 0 aliphatic rings. The van der Waals surface area contributed by atoms with Gasteiger partial charge in [-0.05, 0) is 9.50 Å². The van der Waals surface area contributed by atoms with Gasteiger partial charge in [-0.2, -0.15) is 0 Å². The van der Waals surface area contributed by atoms with Crippen molar-refractivity contribution in [2.75, 3.05) is 0 Å². The lowest BCUT2D eigenvalue weighted by molar-refractivity contribution is 0.545. The number of halogens is 1. The zero-order valence-electron chi connectivity index (χ0n) is 5.03. The van der Waals surface area contributed by atoms with Crippen LogP contribution in [0.5, 0.6) is 0 Å². The van der Waals surface area contributed by atoms with Gasteiger partial charge in [0.25, 0.3) is 0 Å². The lowest BCUT2D eigenvalue weighted by Gasteiger charge is -2.09. The Bertz CT molecular complexity index is 66.7. The van der Waals surface area contributed by atoms with Crippen molar-refractivity contribution in [1.29, 1.82) is 0 Å². The highest BCUT2D eigenvalue weighted by Crippen LogP contribution is 2.14. The maximum absolute atomic E-state index is 2.23. The molecule has 7 heavy (non-hydrogen) atoms. The minimum absolute atomic E-state index is 0.362. The molecule has 0 aromatic rings. The van der Waals surface area contributed by atoms with Gasteiger partial charge < -0.3 is 0 Å².